The molecule has 2 aromatic rings. The van der Waals surface area contributed by atoms with Gasteiger partial charge in [0.1, 0.15) is 0 Å². The average molecular weight is 463 g/mol. The van der Waals surface area contributed by atoms with Crippen molar-refractivity contribution in [3.05, 3.63) is 57.7 Å². The topological polar surface area (TPSA) is 61.8 Å². The van der Waals surface area contributed by atoms with E-state index in [1.807, 2.05) is 31.2 Å². The Morgan fingerprint density at radius 3 is 2.60 bits per heavy atom. The highest BCUT2D eigenvalue weighted by molar-refractivity contribution is 14.1. The van der Waals surface area contributed by atoms with Crippen LogP contribution >= 0.6 is 34.8 Å². The van der Waals surface area contributed by atoms with Gasteiger partial charge in [0.05, 0.1) is 11.4 Å². The molecule has 2 amide bonds. The molecule has 0 saturated carbocycles. The molecule has 1 heterocycles. The number of benzene rings is 2. The first-order valence-corrected chi connectivity index (χ1v) is 9.00. The summed E-state index contributed by atoms with van der Waals surface area (Å²) >= 11 is 7.38. The van der Waals surface area contributed by atoms with Gasteiger partial charge in [-0.25, -0.2) is 0 Å². The maximum atomic E-state index is 12.8. The zero-order chi connectivity index (χ0) is 18.0. The minimum absolute atomic E-state index is 0.0799. The Bertz CT molecular complexity index is 883. The predicted octanol–water partition coefficient (Wildman–Crippen LogP) is 3.37. The van der Waals surface area contributed by atoms with E-state index in [-0.39, 0.29) is 5.11 Å². The molecule has 2 aromatic carbocycles. The third-order valence-corrected chi connectivity index (χ3v) is 4.69. The maximum Gasteiger partial charge on any atom is 0.251 e. The Kier molecular flexibility index (Phi) is 5.24. The van der Waals surface area contributed by atoms with Gasteiger partial charge in [-0.15, -0.1) is 0 Å². The molecule has 0 bridgehead atoms. The lowest BCUT2D eigenvalue weighted by Gasteiger charge is -2.30. The fraction of sp³-hybridized carbons (Fsp3) is 0.111. The van der Waals surface area contributed by atoms with Gasteiger partial charge in [-0.05, 0) is 77.6 Å². The SMILES string of the molecule is Cc1cc(I)ccc1N=C[C@H]1C(=O)NC(=S)N(c2ccccc2)C1=O. The van der Waals surface area contributed by atoms with Crippen LogP contribution in [0.4, 0.5) is 11.4 Å². The molecule has 1 aliphatic rings. The van der Waals surface area contributed by atoms with Crippen molar-refractivity contribution in [1.82, 2.24) is 5.32 Å². The molecule has 126 valence electrons. The minimum atomic E-state index is -1.02. The van der Waals surface area contributed by atoms with E-state index in [1.165, 1.54) is 11.1 Å². The van der Waals surface area contributed by atoms with Crippen molar-refractivity contribution in [2.75, 3.05) is 4.90 Å². The second kappa shape index (κ2) is 7.40. The quantitative estimate of drug-likeness (QED) is 0.329. The molecule has 1 N–H and O–H groups in total. The molecule has 0 spiro atoms. The van der Waals surface area contributed by atoms with Crippen LogP contribution in [0, 0.1) is 16.4 Å². The van der Waals surface area contributed by atoms with Gasteiger partial charge in [0, 0.05) is 9.78 Å². The number of carbonyl (C=O) groups excluding carboxylic acids is 2. The highest BCUT2D eigenvalue weighted by atomic mass is 127. The highest BCUT2D eigenvalue weighted by Crippen LogP contribution is 2.23. The number of aliphatic imine (C=N–C) groups is 1. The molecule has 1 aliphatic heterocycles. The molecule has 5 nitrogen and oxygen atoms in total. The predicted molar refractivity (Wildman–Crippen MR) is 110 cm³/mol. The van der Waals surface area contributed by atoms with Crippen LogP contribution in [0.1, 0.15) is 5.56 Å². The summed E-state index contributed by atoms with van der Waals surface area (Å²) in [7, 11) is 0. The van der Waals surface area contributed by atoms with Crippen LogP contribution in [0.25, 0.3) is 0 Å². The summed E-state index contributed by atoms with van der Waals surface area (Å²) in [6, 6.07) is 14.8. The van der Waals surface area contributed by atoms with E-state index in [9.17, 15) is 9.59 Å². The van der Waals surface area contributed by atoms with Crippen molar-refractivity contribution in [2.45, 2.75) is 6.92 Å². The maximum absolute atomic E-state index is 12.8. The Balaban J connectivity index is 1.90. The van der Waals surface area contributed by atoms with Crippen LogP contribution in [0.3, 0.4) is 0 Å². The van der Waals surface area contributed by atoms with Crippen LogP contribution < -0.4 is 10.2 Å². The third kappa shape index (κ3) is 3.77. The summed E-state index contributed by atoms with van der Waals surface area (Å²) in [5.41, 5.74) is 2.31. The fourth-order valence-electron chi connectivity index (χ4n) is 2.46. The van der Waals surface area contributed by atoms with Gasteiger partial charge in [0.15, 0.2) is 11.0 Å². The van der Waals surface area contributed by atoms with Crippen molar-refractivity contribution in [1.29, 1.82) is 0 Å². The summed E-state index contributed by atoms with van der Waals surface area (Å²) in [4.78, 5) is 30.7. The Morgan fingerprint density at radius 1 is 1.20 bits per heavy atom. The first kappa shape index (κ1) is 17.7. The molecular weight excluding hydrogens is 449 g/mol. The van der Waals surface area contributed by atoms with E-state index in [0.29, 0.717) is 5.69 Å². The van der Waals surface area contributed by atoms with Crippen LogP contribution in [0.2, 0.25) is 0 Å². The van der Waals surface area contributed by atoms with E-state index in [1.54, 1.807) is 24.3 Å². The lowest BCUT2D eigenvalue weighted by molar-refractivity contribution is -0.130. The molecule has 0 unspecified atom stereocenters. The summed E-state index contributed by atoms with van der Waals surface area (Å²) in [6.07, 6.45) is 1.38. The van der Waals surface area contributed by atoms with Crippen molar-refractivity contribution < 1.29 is 9.59 Å². The van der Waals surface area contributed by atoms with Gasteiger partial charge in [-0.3, -0.25) is 19.5 Å². The standard InChI is InChI=1S/C18H14IN3O2S/c1-11-9-12(19)7-8-15(11)20-10-14-16(23)21-18(25)22(17(14)24)13-5-3-2-4-6-13/h2-10,14H,1H3,(H,21,23,25)/t14-/m0/s1. The zero-order valence-electron chi connectivity index (χ0n) is 13.3. The number of rotatable bonds is 3. The largest absolute Gasteiger partial charge is 0.301 e. The number of halogens is 1. The molecule has 1 atom stereocenters. The average Bonchev–Trinajstić information content (AvgIpc) is 2.57. The number of para-hydroxylation sites is 1. The summed E-state index contributed by atoms with van der Waals surface area (Å²) in [5, 5.41) is 2.65. The number of carbonyl (C=O) groups is 2. The summed E-state index contributed by atoms with van der Waals surface area (Å²) in [6.45, 7) is 1.93. The summed E-state index contributed by atoms with van der Waals surface area (Å²) < 4.78 is 1.10. The zero-order valence-corrected chi connectivity index (χ0v) is 16.2. The molecule has 25 heavy (non-hydrogen) atoms. The Morgan fingerprint density at radius 2 is 1.92 bits per heavy atom. The molecule has 0 aromatic heterocycles. The monoisotopic (exact) mass is 463 g/mol. The number of hydrogen-bond acceptors (Lipinski definition) is 4. The Labute approximate surface area is 164 Å². The fourth-order valence-corrected chi connectivity index (χ4v) is 3.40. The van der Waals surface area contributed by atoms with E-state index in [2.05, 4.69) is 32.9 Å². The van der Waals surface area contributed by atoms with Gasteiger partial charge < -0.3 is 5.32 Å². The molecular formula is C18H14IN3O2S. The first-order valence-electron chi connectivity index (χ1n) is 7.51. The van der Waals surface area contributed by atoms with Crippen molar-refractivity contribution in [2.24, 2.45) is 10.9 Å². The normalized spacial score (nSPS) is 17.9. The number of thiocarbonyl (C=S) groups is 1. The van der Waals surface area contributed by atoms with Gasteiger partial charge in [0.2, 0.25) is 5.91 Å². The second-order valence-corrected chi connectivity index (χ2v) is 7.12. The van der Waals surface area contributed by atoms with Crippen LogP contribution in [0.5, 0.6) is 0 Å². The number of anilines is 1. The van der Waals surface area contributed by atoms with Gasteiger partial charge >= 0.3 is 0 Å². The van der Waals surface area contributed by atoms with Crippen molar-refractivity contribution in [3.63, 3.8) is 0 Å². The van der Waals surface area contributed by atoms with Crippen molar-refractivity contribution >= 4 is 69.3 Å². The number of amides is 2. The first-order chi connectivity index (χ1) is 12.0. The Hall–Kier alpha value is -2.13. The molecule has 3 rings (SSSR count). The molecule has 0 aliphatic carbocycles. The number of nitrogens with zero attached hydrogens (tertiary/aromatic N) is 2. The number of aryl methyl sites for hydroxylation is 1. The van der Waals surface area contributed by atoms with Gasteiger partial charge in [-0.1, -0.05) is 18.2 Å². The smallest absolute Gasteiger partial charge is 0.251 e. The number of nitrogens with one attached hydrogen (secondary N) is 1. The minimum Gasteiger partial charge on any atom is -0.301 e. The van der Waals surface area contributed by atoms with E-state index in [0.717, 1.165) is 14.8 Å². The lowest BCUT2D eigenvalue weighted by atomic mass is 10.1. The van der Waals surface area contributed by atoms with Gasteiger partial charge in [0.25, 0.3) is 5.91 Å². The van der Waals surface area contributed by atoms with Crippen LogP contribution in [-0.4, -0.2) is 23.1 Å². The number of hydrogen-bond donors (Lipinski definition) is 1. The lowest BCUT2D eigenvalue weighted by Crippen LogP contribution is -2.58. The van der Waals surface area contributed by atoms with Crippen LogP contribution in [0.15, 0.2) is 53.5 Å². The van der Waals surface area contributed by atoms with Crippen molar-refractivity contribution in [3.8, 4) is 0 Å². The molecule has 0 radical (unpaired) electrons. The highest BCUT2D eigenvalue weighted by Gasteiger charge is 2.38. The van der Waals surface area contributed by atoms with E-state index in [4.69, 9.17) is 12.2 Å². The molecule has 1 fully saturated rings. The second-order valence-electron chi connectivity index (χ2n) is 5.49. The third-order valence-electron chi connectivity index (χ3n) is 3.74. The van der Waals surface area contributed by atoms with Gasteiger partial charge in [-0.2, -0.15) is 0 Å². The molecule has 1 saturated heterocycles. The molecule has 7 heteroatoms. The van der Waals surface area contributed by atoms with E-state index >= 15 is 0 Å². The summed E-state index contributed by atoms with van der Waals surface area (Å²) in [5.74, 6) is -1.90. The van der Waals surface area contributed by atoms with Crippen LogP contribution in [-0.2, 0) is 9.59 Å². The van der Waals surface area contributed by atoms with E-state index < -0.39 is 17.7 Å².